The number of pyridine rings is 1. The molecular weight excluding hydrogens is 681 g/mol. The minimum atomic E-state index is -0.462. The summed E-state index contributed by atoms with van der Waals surface area (Å²) in [5.74, 6) is 0. The fraction of sp³-hybridized carbons (Fsp3) is 0.0192. The molecule has 4 heterocycles. The summed E-state index contributed by atoms with van der Waals surface area (Å²) in [5, 5.41) is 4.84. The van der Waals surface area contributed by atoms with Crippen molar-refractivity contribution in [3.8, 4) is 33.6 Å². The molecule has 0 atom stereocenters. The SMILES string of the molecule is c1ccc(C2(c3ccccc3)c3ccccc3-c3c2ccc2c4ccccc4n(-c4ccc(-c5ccc(-n6c7ccncc7c7cc[nH]c76)cc5)cc4)c32)cc1. The van der Waals surface area contributed by atoms with Crippen LogP contribution in [0, 0.1) is 0 Å². The summed E-state index contributed by atoms with van der Waals surface area (Å²) in [6.07, 6.45) is 5.81. The van der Waals surface area contributed by atoms with E-state index in [0.717, 1.165) is 27.9 Å². The smallest absolute Gasteiger partial charge is 0.123 e. The summed E-state index contributed by atoms with van der Waals surface area (Å²) < 4.78 is 4.77. The number of H-pyrrole nitrogens is 1. The lowest BCUT2D eigenvalue weighted by atomic mass is 9.67. The number of rotatable bonds is 5. The van der Waals surface area contributed by atoms with Crippen molar-refractivity contribution in [3.63, 3.8) is 0 Å². The van der Waals surface area contributed by atoms with Crippen LogP contribution in [0.15, 0.2) is 201 Å². The Balaban J connectivity index is 1.04. The van der Waals surface area contributed by atoms with Crippen molar-refractivity contribution in [1.82, 2.24) is 19.1 Å². The highest BCUT2D eigenvalue weighted by Crippen LogP contribution is 2.58. The van der Waals surface area contributed by atoms with Crippen LogP contribution in [-0.4, -0.2) is 19.1 Å². The van der Waals surface area contributed by atoms with Gasteiger partial charge in [-0.15, -0.1) is 0 Å². The van der Waals surface area contributed by atoms with Gasteiger partial charge in [-0.05, 0) is 81.4 Å². The molecule has 4 aromatic heterocycles. The predicted molar refractivity (Wildman–Crippen MR) is 230 cm³/mol. The summed E-state index contributed by atoms with van der Waals surface area (Å²) in [6.45, 7) is 0. The highest BCUT2D eigenvalue weighted by atomic mass is 15.1. The molecule has 0 spiro atoms. The molecular formula is C52H34N4. The number of aromatic amines is 1. The van der Waals surface area contributed by atoms with Crippen LogP contribution in [0.1, 0.15) is 22.3 Å². The molecule has 4 nitrogen and oxygen atoms in total. The topological polar surface area (TPSA) is 38.5 Å². The van der Waals surface area contributed by atoms with Crippen LogP contribution in [0.25, 0.3) is 77.4 Å². The van der Waals surface area contributed by atoms with Gasteiger partial charge in [0.25, 0.3) is 0 Å². The van der Waals surface area contributed by atoms with Gasteiger partial charge in [0.1, 0.15) is 5.65 Å². The van der Waals surface area contributed by atoms with Gasteiger partial charge >= 0.3 is 0 Å². The van der Waals surface area contributed by atoms with Gasteiger partial charge in [-0.2, -0.15) is 0 Å². The first-order valence-corrected chi connectivity index (χ1v) is 19.2. The van der Waals surface area contributed by atoms with E-state index in [1.807, 2.05) is 18.6 Å². The van der Waals surface area contributed by atoms with E-state index in [2.05, 4.69) is 201 Å². The molecule has 0 unspecified atom stereocenters. The standard InChI is InChI=1S/C52H34N4/c1-3-11-36(12-4-1)52(37-13-5-2-6-14-37)45-17-9-7-16-43(45)49-46(52)28-27-41-40-15-8-10-18-47(40)55(50(41)49)38-23-19-34(20-24-38)35-21-25-39(26-22-35)56-48-30-31-53-33-44(48)42-29-32-54-51(42)56/h1-33,54H. The van der Waals surface area contributed by atoms with Crippen molar-refractivity contribution in [2.24, 2.45) is 0 Å². The zero-order chi connectivity index (χ0) is 36.8. The number of benzene rings is 7. The first-order chi connectivity index (χ1) is 27.8. The number of nitrogens with zero attached hydrogens (tertiary/aromatic N) is 3. The number of nitrogens with one attached hydrogen (secondary N) is 1. The van der Waals surface area contributed by atoms with Crippen molar-refractivity contribution < 1.29 is 0 Å². The molecule has 1 aliphatic rings. The van der Waals surface area contributed by atoms with Crippen molar-refractivity contribution in [3.05, 3.63) is 223 Å². The molecule has 262 valence electrons. The number of para-hydroxylation sites is 1. The lowest BCUT2D eigenvalue weighted by molar-refractivity contribution is 0.769. The van der Waals surface area contributed by atoms with Crippen LogP contribution in [-0.2, 0) is 5.41 Å². The van der Waals surface area contributed by atoms with Gasteiger partial charge in [-0.3, -0.25) is 9.55 Å². The van der Waals surface area contributed by atoms with E-state index in [0.29, 0.717) is 0 Å². The fourth-order valence-corrected chi connectivity index (χ4v) is 9.80. The van der Waals surface area contributed by atoms with E-state index in [1.54, 1.807) is 0 Å². The Morgan fingerprint density at radius 2 is 1.07 bits per heavy atom. The Morgan fingerprint density at radius 1 is 0.446 bits per heavy atom. The zero-order valence-corrected chi connectivity index (χ0v) is 30.4. The van der Waals surface area contributed by atoms with Gasteiger partial charge in [0.05, 0.1) is 22.0 Å². The summed E-state index contributed by atoms with van der Waals surface area (Å²) in [5.41, 5.74) is 16.6. The summed E-state index contributed by atoms with van der Waals surface area (Å²) in [4.78, 5) is 7.83. The van der Waals surface area contributed by atoms with E-state index >= 15 is 0 Å². The second-order valence-corrected chi connectivity index (χ2v) is 14.8. The molecule has 56 heavy (non-hydrogen) atoms. The third-order valence-corrected chi connectivity index (χ3v) is 12.1. The van der Waals surface area contributed by atoms with E-state index in [9.17, 15) is 0 Å². The van der Waals surface area contributed by atoms with Gasteiger partial charge in [-0.1, -0.05) is 140 Å². The molecule has 11 aromatic rings. The maximum absolute atomic E-state index is 4.39. The summed E-state index contributed by atoms with van der Waals surface area (Å²) in [6, 6.07) is 66.9. The van der Waals surface area contributed by atoms with E-state index in [4.69, 9.17) is 0 Å². The lowest BCUT2D eigenvalue weighted by Crippen LogP contribution is -2.28. The van der Waals surface area contributed by atoms with Gasteiger partial charge < -0.3 is 9.55 Å². The molecule has 0 radical (unpaired) electrons. The Hall–Kier alpha value is -7.43. The second-order valence-electron chi connectivity index (χ2n) is 14.8. The van der Waals surface area contributed by atoms with Crippen LogP contribution in [0.3, 0.4) is 0 Å². The van der Waals surface area contributed by atoms with Crippen LogP contribution in [0.4, 0.5) is 0 Å². The third-order valence-electron chi connectivity index (χ3n) is 12.1. The molecule has 12 rings (SSSR count). The highest BCUT2D eigenvalue weighted by Gasteiger charge is 2.47. The summed E-state index contributed by atoms with van der Waals surface area (Å²) in [7, 11) is 0. The van der Waals surface area contributed by atoms with Crippen LogP contribution in [0.5, 0.6) is 0 Å². The van der Waals surface area contributed by atoms with Crippen molar-refractivity contribution in [1.29, 1.82) is 0 Å². The first kappa shape index (κ1) is 31.0. The maximum Gasteiger partial charge on any atom is 0.123 e. The Bertz CT molecular complexity index is 3240. The molecule has 0 bridgehead atoms. The zero-order valence-electron chi connectivity index (χ0n) is 30.4. The summed E-state index contributed by atoms with van der Waals surface area (Å²) >= 11 is 0. The highest BCUT2D eigenvalue weighted by molar-refractivity contribution is 6.16. The Kier molecular flexibility index (Phi) is 6.52. The third kappa shape index (κ3) is 4.15. The monoisotopic (exact) mass is 714 g/mol. The molecule has 4 heteroatoms. The average molecular weight is 715 g/mol. The molecule has 7 aromatic carbocycles. The Labute approximate surface area is 323 Å². The van der Waals surface area contributed by atoms with E-state index < -0.39 is 5.41 Å². The minimum Gasteiger partial charge on any atom is -0.347 e. The first-order valence-electron chi connectivity index (χ1n) is 19.2. The van der Waals surface area contributed by atoms with E-state index in [1.165, 1.54) is 71.7 Å². The van der Waals surface area contributed by atoms with Crippen LogP contribution < -0.4 is 0 Å². The quantitative estimate of drug-likeness (QED) is 0.189. The molecule has 1 aliphatic carbocycles. The number of fused-ring (bicyclic) bond motifs is 10. The fourth-order valence-electron chi connectivity index (χ4n) is 9.80. The van der Waals surface area contributed by atoms with Gasteiger partial charge in [-0.25, -0.2) is 0 Å². The van der Waals surface area contributed by atoms with Crippen LogP contribution >= 0.6 is 0 Å². The van der Waals surface area contributed by atoms with Crippen molar-refractivity contribution in [2.45, 2.75) is 5.41 Å². The molecule has 0 saturated carbocycles. The molecule has 0 aliphatic heterocycles. The van der Waals surface area contributed by atoms with Gasteiger partial charge in [0.2, 0.25) is 0 Å². The molecule has 0 amide bonds. The number of aromatic nitrogens is 4. The number of hydrogen-bond acceptors (Lipinski definition) is 1. The normalized spacial score (nSPS) is 13.1. The van der Waals surface area contributed by atoms with E-state index in [-0.39, 0.29) is 0 Å². The van der Waals surface area contributed by atoms with Crippen molar-refractivity contribution >= 4 is 43.7 Å². The average Bonchev–Trinajstić information content (AvgIpc) is 4.03. The lowest BCUT2D eigenvalue weighted by Gasteiger charge is -2.33. The van der Waals surface area contributed by atoms with Gasteiger partial charge in [0.15, 0.2) is 0 Å². The minimum absolute atomic E-state index is 0.462. The second kappa shape index (κ2) is 11.8. The Morgan fingerprint density at radius 3 is 1.80 bits per heavy atom. The van der Waals surface area contributed by atoms with Crippen molar-refractivity contribution in [2.75, 3.05) is 0 Å². The molecule has 0 fully saturated rings. The van der Waals surface area contributed by atoms with Gasteiger partial charge in [0, 0.05) is 57.1 Å². The predicted octanol–water partition coefficient (Wildman–Crippen LogP) is 12.6. The molecule has 1 N–H and O–H groups in total. The van der Waals surface area contributed by atoms with Crippen LogP contribution in [0.2, 0.25) is 0 Å². The molecule has 0 saturated heterocycles. The largest absolute Gasteiger partial charge is 0.347 e. The maximum atomic E-state index is 4.39. The number of hydrogen-bond donors (Lipinski definition) is 1.